The fourth-order valence-electron chi connectivity index (χ4n) is 1.96. The molecule has 0 aromatic heterocycles. The van der Waals surface area contributed by atoms with Crippen LogP contribution in [-0.4, -0.2) is 22.9 Å². The van der Waals surface area contributed by atoms with Gasteiger partial charge in [-0.1, -0.05) is 30.3 Å². The minimum atomic E-state index is -1.22. The van der Waals surface area contributed by atoms with Gasteiger partial charge in [-0.2, -0.15) is 0 Å². The van der Waals surface area contributed by atoms with Gasteiger partial charge in [0.15, 0.2) is 0 Å². The maximum atomic E-state index is 11.8. The van der Waals surface area contributed by atoms with Gasteiger partial charge in [-0.15, -0.1) is 0 Å². The zero-order chi connectivity index (χ0) is 14.5. The first-order chi connectivity index (χ1) is 9.58. The van der Waals surface area contributed by atoms with E-state index in [1.807, 2.05) is 30.3 Å². The standard InChI is InChI=1S/C14H14N2O4/c17-12(6-7-13(18)19)15-16-14(20)11-8-10(11)9-4-2-1-3-5-9/h1-7,10-11H,8H2,(H,15,17)(H,16,20)(H,18,19)/b7-6+. The summed E-state index contributed by atoms with van der Waals surface area (Å²) in [6, 6.07) is 9.68. The summed E-state index contributed by atoms with van der Waals surface area (Å²) in [5.74, 6) is -2.14. The van der Waals surface area contributed by atoms with Gasteiger partial charge in [-0.05, 0) is 17.9 Å². The van der Waals surface area contributed by atoms with Crippen molar-refractivity contribution in [1.82, 2.24) is 10.9 Å². The summed E-state index contributed by atoms with van der Waals surface area (Å²) in [6.45, 7) is 0. The number of rotatable bonds is 4. The minimum Gasteiger partial charge on any atom is -0.478 e. The van der Waals surface area contributed by atoms with Gasteiger partial charge in [0.25, 0.3) is 5.91 Å². The lowest BCUT2D eigenvalue weighted by Crippen LogP contribution is -2.41. The minimum absolute atomic E-state index is 0.152. The number of carbonyl (C=O) groups excluding carboxylic acids is 2. The molecule has 1 aliphatic carbocycles. The first-order valence-corrected chi connectivity index (χ1v) is 6.13. The summed E-state index contributed by atoms with van der Waals surface area (Å²) in [6.07, 6.45) is 2.28. The predicted molar refractivity (Wildman–Crippen MR) is 70.4 cm³/mol. The molecule has 0 aliphatic heterocycles. The molecular weight excluding hydrogens is 260 g/mol. The fourth-order valence-corrected chi connectivity index (χ4v) is 1.96. The number of hydrogen-bond acceptors (Lipinski definition) is 3. The molecule has 0 bridgehead atoms. The van der Waals surface area contributed by atoms with Gasteiger partial charge in [0, 0.05) is 18.1 Å². The highest BCUT2D eigenvalue weighted by atomic mass is 16.4. The highest BCUT2D eigenvalue weighted by Gasteiger charge is 2.43. The van der Waals surface area contributed by atoms with Crippen molar-refractivity contribution in [1.29, 1.82) is 0 Å². The van der Waals surface area contributed by atoms with Crippen molar-refractivity contribution in [2.45, 2.75) is 12.3 Å². The van der Waals surface area contributed by atoms with Gasteiger partial charge in [0.2, 0.25) is 5.91 Å². The summed E-state index contributed by atoms with van der Waals surface area (Å²) in [5.41, 5.74) is 5.53. The molecule has 3 N–H and O–H groups in total. The van der Waals surface area contributed by atoms with Crippen molar-refractivity contribution >= 4 is 17.8 Å². The normalized spacial score (nSPS) is 20.4. The number of aliphatic carboxylic acids is 1. The third kappa shape index (κ3) is 3.68. The molecule has 2 unspecified atom stereocenters. The van der Waals surface area contributed by atoms with E-state index in [-0.39, 0.29) is 17.7 Å². The van der Waals surface area contributed by atoms with Gasteiger partial charge >= 0.3 is 5.97 Å². The van der Waals surface area contributed by atoms with Gasteiger partial charge < -0.3 is 5.11 Å². The topological polar surface area (TPSA) is 95.5 Å². The first kappa shape index (κ1) is 13.8. The molecule has 1 fully saturated rings. The zero-order valence-corrected chi connectivity index (χ0v) is 10.6. The maximum Gasteiger partial charge on any atom is 0.328 e. The van der Waals surface area contributed by atoms with Crippen LogP contribution in [0.15, 0.2) is 42.5 Å². The fraction of sp³-hybridized carbons (Fsp3) is 0.214. The highest BCUT2D eigenvalue weighted by Crippen LogP contribution is 2.47. The van der Waals surface area contributed by atoms with Crippen molar-refractivity contribution < 1.29 is 19.5 Å². The van der Waals surface area contributed by atoms with E-state index in [2.05, 4.69) is 10.9 Å². The molecular formula is C14H14N2O4. The molecule has 0 spiro atoms. The number of nitrogens with one attached hydrogen (secondary N) is 2. The Morgan fingerprint density at radius 1 is 1.10 bits per heavy atom. The van der Waals surface area contributed by atoms with E-state index in [0.717, 1.165) is 18.1 Å². The van der Waals surface area contributed by atoms with E-state index in [1.54, 1.807) is 0 Å². The van der Waals surface area contributed by atoms with Crippen LogP contribution in [-0.2, 0) is 14.4 Å². The molecule has 1 aliphatic rings. The molecule has 2 amide bonds. The largest absolute Gasteiger partial charge is 0.478 e. The van der Waals surface area contributed by atoms with Crippen LogP contribution in [0.4, 0.5) is 0 Å². The quantitative estimate of drug-likeness (QED) is 0.553. The molecule has 104 valence electrons. The number of carboxylic acids is 1. The van der Waals surface area contributed by atoms with Crippen LogP contribution in [0, 0.1) is 5.92 Å². The van der Waals surface area contributed by atoms with E-state index in [9.17, 15) is 14.4 Å². The summed E-state index contributed by atoms with van der Waals surface area (Å²) < 4.78 is 0. The molecule has 0 radical (unpaired) electrons. The molecule has 6 heteroatoms. The second-order valence-corrected chi connectivity index (χ2v) is 4.51. The average Bonchev–Trinajstić information content (AvgIpc) is 3.24. The van der Waals surface area contributed by atoms with Gasteiger partial charge in [-0.3, -0.25) is 20.4 Å². The Hall–Kier alpha value is -2.63. The summed E-state index contributed by atoms with van der Waals surface area (Å²) >= 11 is 0. The van der Waals surface area contributed by atoms with Gasteiger partial charge in [0.1, 0.15) is 0 Å². The summed E-state index contributed by atoms with van der Waals surface area (Å²) in [5, 5.41) is 8.34. The van der Waals surface area contributed by atoms with Crippen molar-refractivity contribution in [3.63, 3.8) is 0 Å². The van der Waals surface area contributed by atoms with Crippen molar-refractivity contribution in [2.24, 2.45) is 5.92 Å². The second-order valence-electron chi connectivity index (χ2n) is 4.51. The van der Waals surface area contributed by atoms with Crippen LogP contribution in [0.1, 0.15) is 17.9 Å². The van der Waals surface area contributed by atoms with Crippen LogP contribution in [0.3, 0.4) is 0 Å². The average molecular weight is 274 g/mol. The van der Waals surface area contributed by atoms with Gasteiger partial charge in [0.05, 0.1) is 0 Å². The Labute approximate surface area is 115 Å². The van der Waals surface area contributed by atoms with Crippen molar-refractivity contribution in [3.05, 3.63) is 48.0 Å². The monoisotopic (exact) mass is 274 g/mol. The smallest absolute Gasteiger partial charge is 0.328 e. The van der Waals surface area contributed by atoms with E-state index in [0.29, 0.717) is 6.08 Å². The number of hydrogen-bond donors (Lipinski definition) is 3. The third-order valence-corrected chi connectivity index (χ3v) is 3.04. The van der Waals surface area contributed by atoms with E-state index in [1.165, 1.54) is 0 Å². The van der Waals surface area contributed by atoms with Crippen LogP contribution in [0.5, 0.6) is 0 Å². The summed E-state index contributed by atoms with van der Waals surface area (Å²) in [4.78, 5) is 33.1. The first-order valence-electron chi connectivity index (χ1n) is 6.13. The maximum absolute atomic E-state index is 11.8. The SMILES string of the molecule is O=C(O)/C=C/C(=O)NNC(=O)C1CC1c1ccccc1. The number of carboxylic acid groups (broad SMARTS) is 1. The number of hydrazine groups is 1. The Morgan fingerprint density at radius 2 is 1.80 bits per heavy atom. The second kappa shape index (κ2) is 6.01. The lowest BCUT2D eigenvalue weighted by atomic mass is 10.1. The Bertz CT molecular complexity index is 554. The number of amides is 2. The van der Waals surface area contributed by atoms with Crippen molar-refractivity contribution in [3.8, 4) is 0 Å². The molecule has 2 rings (SSSR count). The zero-order valence-electron chi connectivity index (χ0n) is 10.6. The van der Waals surface area contributed by atoms with E-state index >= 15 is 0 Å². The predicted octanol–water partition coefficient (Wildman–Crippen LogP) is 0.578. The van der Waals surface area contributed by atoms with Crippen LogP contribution >= 0.6 is 0 Å². The lowest BCUT2D eigenvalue weighted by Gasteiger charge is -2.04. The van der Waals surface area contributed by atoms with E-state index in [4.69, 9.17) is 5.11 Å². The summed E-state index contributed by atoms with van der Waals surface area (Å²) in [7, 11) is 0. The van der Waals surface area contributed by atoms with Gasteiger partial charge in [-0.25, -0.2) is 4.79 Å². The Morgan fingerprint density at radius 3 is 2.45 bits per heavy atom. The van der Waals surface area contributed by atoms with E-state index < -0.39 is 11.9 Å². The Balaban J connectivity index is 1.77. The van der Waals surface area contributed by atoms with Crippen molar-refractivity contribution in [2.75, 3.05) is 0 Å². The highest BCUT2D eigenvalue weighted by molar-refractivity contribution is 5.95. The molecule has 1 aromatic carbocycles. The number of benzene rings is 1. The van der Waals surface area contributed by atoms with Crippen LogP contribution in [0.2, 0.25) is 0 Å². The third-order valence-electron chi connectivity index (χ3n) is 3.04. The molecule has 20 heavy (non-hydrogen) atoms. The molecule has 1 saturated carbocycles. The lowest BCUT2D eigenvalue weighted by molar-refractivity contribution is -0.131. The number of carbonyl (C=O) groups is 3. The molecule has 1 aromatic rings. The molecule has 0 saturated heterocycles. The molecule has 6 nitrogen and oxygen atoms in total. The van der Waals surface area contributed by atoms with Crippen LogP contribution < -0.4 is 10.9 Å². The Kier molecular flexibility index (Phi) is 4.14. The molecule has 0 heterocycles. The molecule has 2 atom stereocenters. The van der Waals surface area contributed by atoms with Crippen LogP contribution in [0.25, 0.3) is 0 Å².